The van der Waals surface area contributed by atoms with Gasteiger partial charge in [-0.05, 0) is 17.4 Å². The maximum atomic E-state index is 12.6. The van der Waals surface area contributed by atoms with Crippen molar-refractivity contribution >= 4 is 25.7 Å². The lowest BCUT2D eigenvalue weighted by atomic mass is 10.1. The van der Waals surface area contributed by atoms with E-state index in [1.54, 1.807) is 58.0 Å². The van der Waals surface area contributed by atoms with Crippen LogP contribution in [0, 0.1) is 11.8 Å². The van der Waals surface area contributed by atoms with E-state index in [-0.39, 0.29) is 31.5 Å². The average molecular weight is 459 g/mol. The van der Waals surface area contributed by atoms with Gasteiger partial charge in [-0.2, -0.15) is 0 Å². The Morgan fingerprint density at radius 2 is 1.68 bits per heavy atom. The monoisotopic (exact) mass is 459 g/mol. The van der Waals surface area contributed by atoms with Crippen LogP contribution < -0.4 is 5.32 Å². The molecule has 3 unspecified atom stereocenters. The minimum absolute atomic E-state index is 0.0177. The summed E-state index contributed by atoms with van der Waals surface area (Å²) in [6.45, 7) is 6.54. The summed E-state index contributed by atoms with van der Waals surface area (Å²) in [6.07, 6.45) is -2.13. The number of ether oxygens (including phenoxy) is 1. The smallest absolute Gasteiger partial charge is 0.473 e. The molecule has 1 aromatic carbocycles. The molecule has 10 nitrogen and oxygen atoms in total. The standard InChI is InChI=1S/C20H30NO9P/c1-13(2)10-16(22)21-17(19(23)24)18(30-31(26,27)29-11-14(3)4)20(25)28-12-15-8-6-5-7-9-15/h5-9,13-14,17-18H,10-12H2,1-4H3,(H,21,22)(H,23,24)(H,26,27). The molecule has 0 fully saturated rings. The Labute approximate surface area is 181 Å². The van der Waals surface area contributed by atoms with E-state index in [2.05, 4.69) is 5.32 Å². The van der Waals surface area contributed by atoms with Crippen LogP contribution in [0.3, 0.4) is 0 Å². The van der Waals surface area contributed by atoms with Crippen molar-refractivity contribution in [3.63, 3.8) is 0 Å². The zero-order valence-electron chi connectivity index (χ0n) is 18.0. The maximum absolute atomic E-state index is 12.6. The normalized spacial score (nSPS) is 15.2. The predicted octanol–water partition coefficient (Wildman–Crippen LogP) is 2.50. The Morgan fingerprint density at radius 3 is 2.19 bits per heavy atom. The van der Waals surface area contributed by atoms with E-state index in [4.69, 9.17) is 13.8 Å². The number of benzene rings is 1. The number of carbonyl (C=O) groups is 3. The van der Waals surface area contributed by atoms with Gasteiger partial charge in [0, 0.05) is 6.42 Å². The highest BCUT2D eigenvalue weighted by molar-refractivity contribution is 7.47. The number of rotatable bonds is 13. The van der Waals surface area contributed by atoms with E-state index in [1.165, 1.54) is 0 Å². The molecule has 0 aliphatic heterocycles. The number of nitrogens with one attached hydrogen (secondary N) is 1. The number of phosphoric acid groups is 1. The summed E-state index contributed by atoms with van der Waals surface area (Å²) in [5.74, 6) is -3.75. The number of carboxylic acids is 1. The number of aliphatic carboxylic acids is 1. The Kier molecular flexibility index (Phi) is 10.8. The molecule has 1 aromatic rings. The minimum atomic E-state index is -4.83. The lowest BCUT2D eigenvalue weighted by Gasteiger charge is -2.25. The zero-order valence-corrected chi connectivity index (χ0v) is 18.9. The van der Waals surface area contributed by atoms with Crippen molar-refractivity contribution in [1.29, 1.82) is 0 Å². The summed E-state index contributed by atoms with van der Waals surface area (Å²) in [4.78, 5) is 46.5. The van der Waals surface area contributed by atoms with Crippen LogP contribution in [0.4, 0.5) is 0 Å². The first-order valence-electron chi connectivity index (χ1n) is 9.79. The van der Waals surface area contributed by atoms with Crippen LogP contribution in [0.5, 0.6) is 0 Å². The van der Waals surface area contributed by atoms with E-state index >= 15 is 0 Å². The van der Waals surface area contributed by atoms with Crippen LogP contribution in [0.2, 0.25) is 0 Å². The number of phosphoric ester groups is 1. The summed E-state index contributed by atoms with van der Waals surface area (Å²) >= 11 is 0. The molecule has 0 aliphatic rings. The topological polar surface area (TPSA) is 148 Å². The summed E-state index contributed by atoms with van der Waals surface area (Å²) in [6, 6.07) is 6.57. The highest BCUT2D eigenvalue weighted by Gasteiger charge is 2.42. The molecule has 0 bridgehead atoms. The predicted molar refractivity (Wildman–Crippen MR) is 111 cm³/mol. The summed E-state index contributed by atoms with van der Waals surface area (Å²) in [7, 11) is -4.83. The van der Waals surface area contributed by atoms with Crippen molar-refractivity contribution in [2.45, 2.75) is 52.9 Å². The third-order valence-electron chi connectivity index (χ3n) is 3.75. The first-order chi connectivity index (χ1) is 14.4. The Hall–Kier alpha value is -2.26. The molecule has 3 atom stereocenters. The van der Waals surface area contributed by atoms with Crippen LogP contribution in [-0.2, 0) is 39.3 Å². The lowest BCUT2D eigenvalue weighted by molar-refractivity contribution is -0.162. The highest BCUT2D eigenvalue weighted by atomic mass is 31.2. The van der Waals surface area contributed by atoms with Crippen LogP contribution >= 0.6 is 7.82 Å². The van der Waals surface area contributed by atoms with Gasteiger partial charge in [-0.1, -0.05) is 58.0 Å². The second-order valence-corrected chi connectivity index (χ2v) is 9.17. The van der Waals surface area contributed by atoms with Gasteiger partial charge in [0.1, 0.15) is 6.61 Å². The van der Waals surface area contributed by atoms with Crippen molar-refractivity contribution in [3.05, 3.63) is 35.9 Å². The highest BCUT2D eigenvalue weighted by Crippen LogP contribution is 2.45. The molecule has 174 valence electrons. The van der Waals surface area contributed by atoms with Gasteiger partial charge in [0.2, 0.25) is 5.91 Å². The number of esters is 1. The van der Waals surface area contributed by atoms with Gasteiger partial charge >= 0.3 is 19.8 Å². The molecule has 0 radical (unpaired) electrons. The summed E-state index contributed by atoms with van der Waals surface area (Å²) < 4.78 is 27.1. The quantitative estimate of drug-likeness (QED) is 0.299. The van der Waals surface area contributed by atoms with Crippen molar-refractivity contribution < 1.29 is 42.7 Å². The molecule has 1 rings (SSSR count). The van der Waals surface area contributed by atoms with Crippen LogP contribution in [0.25, 0.3) is 0 Å². The molecule has 31 heavy (non-hydrogen) atoms. The SMILES string of the molecule is CC(C)COP(=O)(O)OC(C(=O)OCc1ccccc1)C(NC(=O)CC(C)C)C(=O)O. The van der Waals surface area contributed by atoms with E-state index in [0.29, 0.717) is 5.56 Å². The van der Waals surface area contributed by atoms with E-state index in [9.17, 15) is 28.9 Å². The molecule has 0 aliphatic carbocycles. The molecule has 0 saturated heterocycles. The Morgan fingerprint density at radius 1 is 1.06 bits per heavy atom. The van der Waals surface area contributed by atoms with Gasteiger partial charge < -0.3 is 20.1 Å². The number of carboxylic acid groups (broad SMARTS) is 1. The van der Waals surface area contributed by atoms with Crippen molar-refractivity contribution in [1.82, 2.24) is 5.32 Å². The molecule has 0 heterocycles. The van der Waals surface area contributed by atoms with E-state index < -0.39 is 37.8 Å². The molecule has 3 N–H and O–H groups in total. The van der Waals surface area contributed by atoms with Gasteiger partial charge in [0.25, 0.3) is 0 Å². The minimum Gasteiger partial charge on any atom is -0.480 e. The first kappa shape index (κ1) is 26.8. The fourth-order valence-electron chi connectivity index (χ4n) is 2.34. The number of carbonyl (C=O) groups excluding carboxylic acids is 2. The number of hydrogen-bond donors (Lipinski definition) is 3. The third-order valence-corrected chi connectivity index (χ3v) is 4.72. The molecule has 1 amide bonds. The zero-order chi connectivity index (χ0) is 23.6. The van der Waals surface area contributed by atoms with E-state index in [1.807, 2.05) is 0 Å². The average Bonchev–Trinajstić information content (AvgIpc) is 2.67. The van der Waals surface area contributed by atoms with Gasteiger partial charge in [0.05, 0.1) is 6.61 Å². The molecule has 0 spiro atoms. The summed E-state index contributed by atoms with van der Waals surface area (Å²) in [5.41, 5.74) is 0.605. The van der Waals surface area contributed by atoms with Gasteiger partial charge in [0.15, 0.2) is 12.1 Å². The summed E-state index contributed by atoms with van der Waals surface area (Å²) in [5, 5.41) is 11.7. The molecular formula is C20H30NO9P. The second-order valence-electron chi connectivity index (χ2n) is 7.76. The molecule has 0 saturated carbocycles. The number of amides is 1. The number of hydrogen-bond acceptors (Lipinski definition) is 7. The van der Waals surface area contributed by atoms with Crippen LogP contribution in [0.15, 0.2) is 30.3 Å². The van der Waals surface area contributed by atoms with E-state index in [0.717, 1.165) is 0 Å². The Balaban J connectivity index is 3.07. The van der Waals surface area contributed by atoms with Crippen molar-refractivity contribution in [2.75, 3.05) is 6.61 Å². The molecule has 11 heteroatoms. The Bertz CT molecular complexity index is 782. The second kappa shape index (κ2) is 12.6. The molecular weight excluding hydrogens is 429 g/mol. The largest absolute Gasteiger partial charge is 0.480 e. The molecule has 0 aromatic heterocycles. The van der Waals surface area contributed by atoms with Gasteiger partial charge in [-0.25, -0.2) is 14.2 Å². The first-order valence-corrected chi connectivity index (χ1v) is 11.3. The van der Waals surface area contributed by atoms with Crippen molar-refractivity contribution in [2.24, 2.45) is 11.8 Å². The van der Waals surface area contributed by atoms with Gasteiger partial charge in [-0.3, -0.25) is 13.8 Å². The lowest BCUT2D eigenvalue weighted by Crippen LogP contribution is -2.53. The third kappa shape index (κ3) is 10.5. The maximum Gasteiger partial charge on any atom is 0.473 e. The fraction of sp³-hybridized carbons (Fsp3) is 0.550. The van der Waals surface area contributed by atoms with Gasteiger partial charge in [-0.15, -0.1) is 0 Å². The van der Waals surface area contributed by atoms with Crippen LogP contribution in [0.1, 0.15) is 39.7 Å². The van der Waals surface area contributed by atoms with Crippen LogP contribution in [-0.4, -0.2) is 46.6 Å². The van der Waals surface area contributed by atoms with Crippen molar-refractivity contribution in [3.8, 4) is 0 Å². The fourth-order valence-corrected chi connectivity index (χ4v) is 3.38.